The highest BCUT2D eigenvalue weighted by Gasteiger charge is 2.18. The summed E-state index contributed by atoms with van der Waals surface area (Å²) in [7, 11) is 1.94. The minimum absolute atomic E-state index is 0.132. The molecule has 0 aromatic carbocycles. The van der Waals surface area contributed by atoms with Crippen LogP contribution in [0.4, 0.5) is 0 Å². The van der Waals surface area contributed by atoms with Gasteiger partial charge < -0.3 is 9.32 Å². The molecule has 25 heavy (non-hydrogen) atoms. The lowest BCUT2D eigenvalue weighted by Crippen LogP contribution is -2.30. The maximum Gasteiger partial charge on any atom is 0.223 e. The fraction of sp³-hybridized carbons (Fsp3) is 0.368. The number of furan rings is 1. The Bertz CT molecular complexity index is 783. The van der Waals surface area contributed by atoms with Crippen molar-refractivity contribution in [3.63, 3.8) is 0 Å². The van der Waals surface area contributed by atoms with Crippen molar-refractivity contribution in [3.05, 3.63) is 63.5 Å². The number of aromatic nitrogens is 2. The van der Waals surface area contributed by atoms with E-state index < -0.39 is 0 Å². The number of nitrogens with zero attached hydrogens (tertiary/aromatic N) is 3. The number of thiophene rings is 1. The minimum Gasteiger partial charge on any atom is -0.467 e. The highest BCUT2D eigenvalue weighted by atomic mass is 32.1. The van der Waals surface area contributed by atoms with Gasteiger partial charge in [-0.15, -0.1) is 11.3 Å². The maximum atomic E-state index is 12.9. The summed E-state index contributed by atoms with van der Waals surface area (Å²) in [5.41, 5.74) is 3.30. The number of hydrogen-bond acceptors (Lipinski definition) is 4. The summed E-state index contributed by atoms with van der Waals surface area (Å²) in [6.07, 6.45) is 2.83. The van der Waals surface area contributed by atoms with Crippen LogP contribution in [0.3, 0.4) is 0 Å². The second-order valence-electron chi connectivity index (χ2n) is 6.18. The van der Waals surface area contributed by atoms with Crippen molar-refractivity contribution in [3.8, 4) is 0 Å². The summed E-state index contributed by atoms with van der Waals surface area (Å²) in [6, 6.07) is 7.83. The van der Waals surface area contributed by atoms with Crippen LogP contribution in [0.5, 0.6) is 0 Å². The molecular formula is C19H23N3O2S. The first-order chi connectivity index (χ1) is 12.0. The average Bonchev–Trinajstić information content (AvgIpc) is 3.31. The molecule has 1 amide bonds. The Kier molecular flexibility index (Phi) is 5.38. The van der Waals surface area contributed by atoms with E-state index in [1.165, 1.54) is 10.4 Å². The second kappa shape index (κ2) is 7.70. The zero-order valence-corrected chi connectivity index (χ0v) is 15.7. The smallest absolute Gasteiger partial charge is 0.223 e. The normalized spacial score (nSPS) is 11.0. The molecule has 0 aliphatic rings. The molecule has 0 fully saturated rings. The van der Waals surface area contributed by atoms with E-state index in [9.17, 15) is 4.79 Å². The molecule has 0 saturated heterocycles. The number of amides is 1. The zero-order valence-electron chi connectivity index (χ0n) is 14.9. The lowest BCUT2D eigenvalue weighted by Gasteiger charge is -2.21. The first-order valence-electron chi connectivity index (χ1n) is 8.36. The van der Waals surface area contributed by atoms with Crippen LogP contribution in [-0.4, -0.2) is 20.6 Å². The van der Waals surface area contributed by atoms with Crippen molar-refractivity contribution in [1.82, 2.24) is 14.7 Å². The van der Waals surface area contributed by atoms with Gasteiger partial charge in [0.1, 0.15) is 5.76 Å². The fourth-order valence-corrected chi connectivity index (χ4v) is 3.70. The number of carbonyl (C=O) groups is 1. The van der Waals surface area contributed by atoms with Gasteiger partial charge in [0.2, 0.25) is 5.91 Å². The summed E-state index contributed by atoms with van der Waals surface area (Å²) in [6.45, 7) is 5.15. The SMILES string of the molecule is Cc1nn(C)c(C)c1CCC(=O)N(Cc1ccco1)Cc1cccs1. The van der Waals surface area contributed by atoms with Gasteiger partial charge in [-0.05, 0) is 49.4 Å². The van der Waals surface area contributed by atoms with E-state index in [0.717, 1.165) is 17.1 Å². The van der Waals surface area contributed by atoms with Crippen LogP contribution in [-0.2, 0) is 31.4 Å². The van der Waals surface area contributed by atoms with Gasteiger partial charge in [0, 0.05) is 24.0 Å². The number of hydrogen-bond donors (Lipinski definition) is 0. The number of rotatable bonds is 7. The summed E-state index contributed by atoms with van der Waals surface area (Å²) in [5.74, 6) is 0.936. The van der Waals surface area contributed by atoms with Crippen molar-refractivity contribution in [1.29, 1.82) is 0 Å². The Morgan fingerprint density at radius 2 is 2.12 bits per heavy atom. The van der Waals surface area contributed by atoms with Gasteiger partial charge in [-0.3, -0.25) is 9.48 Å². The van der Waals surface area contributed by atoms with Crippen LogP contribution >= 0.6 is 11.3 Å². The van der Waals surface area contributed by atoms with Crippen LogP contribution < -0.4 is 0 Å². The highest BCUT2D eigenvalue weighted by molar-refractivity contribution is 7.09. The maximum absolute atomic E-state index is 12.9. The van der Waals surface area contributed by atoms with E-state index in [1.54, 1.807) is 17.6 Å². The van der Waals surface area contributed by atoms with Gasteiger partial charge in [-0.2, -0.15) is 5.10 Å². The molecular weight excluding hydrogens is 334 g/mol. The Morgan fingerprint density at radius 3 is 2.72 bits per heavy atom. The van der Waals surface area contributed by atoms with Gasteiger partial charge in [0.05, 0.1) is 25.0 Å². The van der Waals surface area contributed by atoms with E-state index in [-0.39, 0.29) is 5.91 Å². The lowest BCUT2D eigenvalue weighted by molar-refractivity contribution is -0.132. The molecule has 0 saturated carbocycles. The van der Waals surface area contributed by atoms with Crippen molar-refractivity contribution < 1.29 is 9.21 Å². The predicted molar refractivity (Wildman–Crippen MR) is 98.3 cm³/mol. The molecule has 3 aromatic rings. The molecule has 0 radical (unpaired) electrons. The third-order valence-corrected chi connectivity index (χ3v) is 5.32. The van der Waals surface area contributed by atoms with Gasteiger partial charge in [0.15, 0.2) is 0 Å². The summed E-state index contributed by atoms with van der Waals surface area (Å²) in [5, 5.41) is 6.47. The Balaban J connectivity index is 1.69. The molecule has 0 bridgehead atoms. The second-order valence-corrected chi connectivity index (χ2v) is 7.21. The van der Waals surface area contributed by atoms with Crippen LogP contribution in [0.25, 0.3) is 0 Å². The van der Waals surface area contributed by atoms with Crippen molar-refractivity contribution in [2.75, 3.05) is 0 Å². The molecule has 0 atom stereocenters. The topological polar surface area (TPSA) is 51.3 Å². The van der Waals surface area contributed by atoms with E-state index in [0.29, 0.717) is 25.9 Å². The molecule has 0 spiro atoms. The number of carbonyl (C=O) groups excluding carboxylic acids is 1. The van der Waals surface area contributed by atoms with Crippen LogP contribution in [0, 0.1) is 13.8 Å². The Labute approximate surface area is 151 Å². The molecule has 3 rings (SSSR count). The molecule has 0 aliphatic carbocycles. The zero-order chi connectivity index (χ0) is 17.8. The van der Waals surface area contributed by atoms with Crippen molar-refractivity contribution in [2.24, 2.45) is 7.05 Å². The molecule has 6 heteroatoms. The fourth-order valence-electron chi connectivity index (χ4n) is 2.98. The summed E-state index contributed by atoms with van der Waals surface area (Å²) >= 11 is 1.67. The van der Waals surface area contributed by atoms with Gasteiger partial charge in [-0.25, -0.2) is 0 Å². The quantitative estimate of drug-likeness (QED) is 0.645. The molecule has 0 N–H and O–H groups in total. The Hall–Kier alpha value is -2.34. The largest absolute Gasteiger partial charge is 0.467 e. The first kappa shape index (κ1) is 17.5. The van der Waals surface area contributed by atoms with Gasteiger partial charge in [-0.1, -0.05) is 6.07 Å². The first-order valence-corrected chi connectivity index (χ1v) is 9.24. The van der Waals surface area contributed by atoms with Gasteiger partial charge >= 0.3 is 0 Å². The highest BCUT2D eigenvalue weighted by Crippen LogP contribution is 2.18. The van der Waals surface area contributed by atoms with Crippen molar-refractivity contribution in [2.45, 2.75) is 39.8 Å². The predicted octanol–water partition coefficient (Wildman–Crippen LogP) is 3.85. The van der Waals surface area contributed by atoms with Gasteiger partial charge in [0.25, 0.3) is 0 Å². The standard InChI is InChI=1S/C19H23N3O2S/c1-14-18(15(2)21(3)20-14)8-9-19(23)22(12-16-6-4-10-24-16)13-17-7-5-11-25-17/h4-7,10-11H,8-9,12-13H2,1-3H3. The Morgan fingerprint density at radius 1 is 1.28 bits per heavy atom. The van der Waals surface area contributed by atoms with Crippen molar-refractivity contribution >= 4 is 17.2 Å². The summed E-state index contributed by atoms with van der Waals surface area (Å²) < 4.78 is 7.31. The van der Waals surface area contributed by atoms with E-state index in [2.05, 4.69) is 11.2 Å². The van der Waals surface area contributed by atoms with E-state index in [4.69, 9.17) is 4.42 Å². The van der Waals surface area contributed by atoms with E-state index in [1.807, 2.05) is 54.1 Å². The molecule has 0 unspecified atom stereocenters. The average molecular weight is 357 g/mol. The minimum atomic E-state index is 0.132. The van der Waals surface area contributed by atoms with E-state index >= 15 is 0 Å². The molecule has 3 heterocycles. The third-order valence-electron chi connectivity index (χ3n) is 4.45. The number of aryl methyl sites for hydroxylation is 2. The van der Waals surface area contributed by atoms with Crippen LogP contribution in [0.1, 0.15) is 34.0 Å². The summed E-state index contributed by atoms with van der Waals surface area (Å²) in [4.78, 5) is 15.9. The lowest BCUT2D eigenvalue weighted by atomic mass is 10.1. The molecule has 3 aromatic heterocycles. The van der Waals surface area contributed by atoms with Crippen LogP contribution in [0.15, 0.2) is 40.3 Å². The molecule has 132 valence electrons. The monoisotopic (exact) mass is 357 g/mol. The molecule has 0 aliphatic heterocycles. The van der Waals surface area contributed by atoms with Crippen LogP contribution in [0.2, 0.25) is 0 Å². The molecule has 5 nitrogen and oxygen atoms in total. The third kappa shape index (κ3) is 4.20.